The third kappa shape index (κ3) is 3.58. The zero-order chi connectivity index (χ0) is 16.4. The summed E-state index contributed by atoms with van der Waals surface area (Å²) in [4.78, 5) is 14.7. The zero-order valence-corrected chi connectivity index (χ0v) is 14.3. The van der Waals surface area contributed by atoms with E-state index in [9.17, 15) is 9.90 Å². The number of thioether (sulfide) groups is 1. The maximum atomic E-state index is 12.5. The summed E-state index contributed by atoms with van der Waals surface area (Å²) >= 11 is 12.5. The average molecular weight is 362 g/mol. The number of phenolic OH excluding ortho intramolecular Hbond substituents is 1. The van der Waals surface area contributed by atoms with Gasteiger partial charge in [-0.2, -0.15) is 0 Å². The van der Waals surface area contributed by atoms with Crippen molar-refractivity contribution < 1.29 is 9.90 Å². The number of nitrogens with zero attached hydrogens (tertiary/aromatic N) is 1. The highest BCUT2D eigenvalue weighted by molar-refractivity contribution is 8.26. The molecule has 23 heavy (non-hydrogen) atoms. The van der Waals surface area contributed by atoms with Crippen molar-refractivity contribution in [2.75, 3.05) is 0 Å². The molecule has 0 spiro atoms. The molecule has 0 aliphatic carbocycles. The standard InChI is InChI=1S/C17H12ClNO2S2/c18-13-8-12(6-7-14(13)20)9-15-16(21)19(17(22)23-15)10-11-4-2-1-3-5-11/h1-9,20H,10H2/b15-9-. The van der Waals surface area contributed by atoms with Gasteiger partial charge in [-0.1, -0.05) is 72.0 Å². The molecule has 1 fully saturated rings. The molecule has 0 unspecified atom stereocenters. The quantitative estimate of drug-likeness (QED) is 0.647. The average Bonchev–Trinajstić information content (AvgIpc) is 2.80. The SMILES string of the molecule is O=C1/C(=C/c2ccc(O)c(Cl)c2)SC(=S)N1Cc1ccccc1. The van der Waals surface area contributed by atoms with Crippen LogP contribution in [0, 0.1) is 0 Å². The first-order valence-corrected chi connectivity index (χ1v) is 8.42. The number of halogens is 1. The number of carbonyl (C=O) groups excluding carboxylic acids is 1. The minimum absolute atomic E-state index is 0.0143. The predicted octanol–water partition coefficient (Wildman–Crippen LogP) is 4.45. The van der Waals surface area contributed by atoms with Gasteiger partial charge >= 0.3 is 0 Å². The molecule has 6 heteroatoms. The van der Waals surface area contributed by atoms with Gasteiger partial charge in [-0.15, -0.1) is 0 Å². The molecular weight excluding hydrogens is 350 g/mol. The van der Waals surface area contributed by atoms with Crippen LogP contribution < -0.4 is 0 Å². The first-order valence-electron chi connectivity index (χ1n) is 6.82. The monoisotopic (exact) mass is 361 g/mol. The maximum absolute atomic E-state index is 12.5. The van der Waals surface area contributed by atoms with Crippen LogP contribution in [0.4, 0.5) is 0 Å². The van der Waals surface area contributed by atoms with Gasteiger partial charge in [0.2, 0.25) is 0 Å². The summed E-state index contributed by atoms with van der Waals surface area (Å²) in [6, 6.07) is 14.5. The molecule has 1 saturated heterocycles. The molecule has 0 aromatic heterocycles. The van der Waals surface area contributed by atoms with E-state index in [0.717, 1.165) is 11.1 Å². The fourth-order valence-corrected chi connectivity index (χ4v) is 3.61. The fraction of sp³-hybridized carbons (Fsp3) is 0.0588. The second kappa shape index (κ2) is 6.74. The third-order valence-corrected chi connectivity index (χ3v) is 5.01. The highest BCUT2D eigenvalue weighted by Gasteiger charge is 2.31. The lowest BCUT2D eigenvalue weighted by Gasteiger charge is -2.14. The van der Waals surface area contributed by atoms with Gasteiger partial charge in [0.05, 0.1) is 16.5 Å². The number of carbonyl (C=O) groups is 1. The molecule has 1 aliphatic heterocycles. The minimum atomic E-state index is -0.118. The first-order chi connectivity index (χ1) is 11.0. The Bertz CT molecular complexity index is 805. The highest BCUT2D eigenvalue weighted by atomic mass is 35.5. The summed E-state index contributed by atoms with van der Waals surface area (Å²) in [5, 5.41) is 9.70. The van der Waals surface area contributed by atoms with Crippen molar-refractivity contribution in [3.63, 3.8) is 0 Å². The van der Waals surface area contributed by atoms with Crippen LogP contribution in [0.25, 0.3) is 6.08 Å². The molecule has 0 radical (unpaired) electrons. The number of hydrogen-bond donors (Lipinski definition) is 1. The lowest BCUT2D eigenvalue weighted by molar-refractivity contribution is -0.122. The molecule has 2 aromatic rings. The van der Waals surface area contributed by atoms with E-state index in [1.807, 2.05) is 30.3 Å². The van der Waals surface area contributed by atoms with Crippen molar-refractivity contribution in [1.82, 2.24) is 4.90 Å². The van der Waals surface area contributed by atoms with Crippen LogP contribution in [0.3, 0.4) is 0 Å². The van der Waals surface area contributed by atoms with Gasteiger partial charge < -0.3 is 5.11 Å². The van der Waals surface area contributed by atoms with Crippen LogP contribution in [-0.4, -0.2) is 20.2 Å². The van der Waals surface area contributed by atoms with Crippen LogP contribution in [-0.2, 0) is 11.3 Å². The van der Waals surface area contributed by atoms with Crippen LogP contribution in [0.5, 0.6) is 5.75 Å². The molecule has 3 nitrogen and oxygen atoms in total. The van der Waals surface area contributed by atoms with Crippen molar-refractivity contribution in [1.29, 1.82) is 0 Å². The molecule has 1 amide bonds. The Morgan fingerprint density at radius 3 is 2.65 bits per heavy atom. The van der Waals surface area contributed by atoms with E-state index < -0.39 is 0 Å². The van der Waals surface area contributed by atoms with E-state index in [1.54, 1.807) is 23.1 Å². The van der Waals surface area contributed by atoms with Gasteiger partial charge in [-0.25, -0.2) is 0 Å². The number of benzene rings is 2. The van der Waals surface area contributed by atoms with Gasteiger partial charge in [0.15, 0.2) is 0 Å². The number of rotatable bonds is 3. The Kier molecular flexibility index (Phi) is 4.71. The number of thiocarbonyl (C=S) groups is 1. The predicted molar refractivity (Wildman–Crippen MR) is 98.3 cm³/mol. The molecule has 3 rings (SSSR count). The van der Waals surface area contributed by atoms with Crippen LogP contribution in [0.1, 0.15) is 11.1 Å². The van der Waals surface area contributed by atoms with Crippen molar-refractivity contribution in [3.05, 3.63) is 69.6 Å². The minimum Gasteiger partial charge on any atom is -0.506 e. The van der Waals surface area contributed by atoms with Gasteiger partial charge in [0, 0.05) is 0 Å². The summed E-state index contributed by atoms with van der Waals surface area (Å²) < 4.78 is 0.537. The van der Waals surface area contributed by atoms with Gasteiger partial charge in [-0.3, -0.25) is 9.69 Å². The van der Waals surface area contributed by atoms with Crippen LogP contribution in [0.2, 0.25) is 5.02 Å². The summed E-state index contributed by atoms with van der Waals surface area (Å²) in [5.74, 6) is -0.103. The Labute approximate surface area is 148 Å². The second-order valence-corrected chi connectivity index (χ2v) is 7.05. The van der Waals surface area contributed by atoms with Gasteiger partial charge in [-0.05, 0) is 29.3 Å². The summed E-state index contributed by atoms with van der Waals surface area (Å²) in [6.45, 7) is 0.458. The van der Waals surface area contributed by atoms with Crippen molar-refractivity contribution in [2.24, 2.45) is 0 Å². The number of hydrogen-bond acceptors (Lipinski definition) is 4. The molecule has 1 N–H and O–H groups in total. The molecule has 0 saturated carbocycles. The Morgan fingerprint density at radius 1 is 1.22 bits per heavy atom. The Balaban J connectivity index is 1.83. The summed E-state index contributed by atoms with van der Waals surface area (Å²) in [5.41, 5.74) is 1.77. The highest BCUT2D eigenvalue weighted by Crippen LogP contribution is 2.34. The molecule has 0 atom stereocenters. The molecule has 2 aromatic carbocycles. The van der Waals surface area contributed by atoms with E-state index in [1.165, 1.54) is 17.8 Å². The largest absolute Gasteiger partial charge is 0.506 e. The molecule has 1 heterocycles. The smallest absolute Gasteiger partial charge is 0.266 e. The first kappa shape index (κ1) is 16.1. The van der Waals surface area contributed by atoms with Gasteiger partial charge in [0.1, 0.15) is 10.1 Å². The van der Waals surface area contributed by atoms with Crippen molar-refractivity contribution >= 4 is 51.9 Å². The number of phenols is 1. The lowest BCUT2D eigenvalue weighted by Crippen LogP contribution is -2.27. The van der Waals surface area contributed by atoms with E-state index in [-0.39, 0.29) is 16.7 Å². The van der Waals surface area contributed by atoms with Crippen molar-refractivity contribution in [2.45, 2.75) is 6.54 Å². The zero-order valence-electron chi connectivity index (χ0n) is 11.9. The molecule has 1 aliphatic rings. The van der Waals surface area contributed by atoms with E-state index in [0.29, 0.717) is 15.8 Å². The maximum Gasteiger partial charge on any atom is 0.266 e. The molecular formula is C17H12ClNO2S2. The molecule has 0 bridgehead atoms. The third-order valence-electron chi connectivity index (χ3n) is 3.33. The van der Waals surface area contributed by atoms with E-state index in [2.05, 4.69) is 0 Å². The van der Waals surface area contributed by atoms with Crippen LogP contribution >= 0.6 is 35.6 Å². The fourth-order valence-electron chi connectivity index (χ4n) is 2.17. The number of aromatic hydroxyl groups is 1. The van der Waals surface area contributed by atoms with Gasteiger partial charge in [0.25, 0.3) is 5.91 Å². The Hall–Kier alpha value is -1.82. The molecule has 116 valence electrons. The normalized spacial score (nSPS) is 16.4. The van der Waals surface area contributed by atoms with Crippen molar-refractivity contribution in [3.8, 4) is 5.75 Å². The topological polar surface area (TPSA) is 40.5 Å². The van der Waals surface area contributed by atoms with Crippen LogP contribution in [0.15, 0.2) is 53.4 Å². The summed E-state index contributed by atoms with van der Waals surface area (Å²) in [6.07, 6.45) is 1.73. The lowest BCUT2D eigenvalue weighted by atomic mass is 10.2. The Morgan fingerprint density at radius 2 is 1.96 bits per heavy atom. The van der Waals surface area contributed by atoms with E-state index in [4.69, 9.17) is 23.8 Å². The van der Waals surface area contributed by atoms with E-state index >= 15 is 0 Å². The summed E-state index contributed by atoms with van der Waals surface area (Å²) in [7, 11) is 0. The number of amides is 1. The second-order valence-electron chi connectivity index (χ2n) is 4.96.